The van der Waals surface area contributed by atoms with Crippen LogP contribution in [-0.4, -0.2) is 37.4 Å². The fourth-order valence-corrected chi connectivity index (χ4v) is 1.70. The molecule has 1 rings (SSSR count). The van der Waals surface area contributed by atoms with Crippen molar-refractivity contribution in [2.75, 3.05) is 31.2 Å². The number of hydrogen-bond donors (Lipinski definition) is 2. The average Bonchev–Trinajstić information content (AvgIpc) is 2.31. The van der Waals surface area contributed by atoms with Crippen LogP contribution in [-0.2, 0) is 4.79 Å². The van der Waals surface area contributed by atoms with E-state index in [-0.39, 0.29) is 24.6 Å². The quantitative estimate of drug-likeness (QED) is 0.757. The summed E-state index contributed by atoms with van der Waals surface area (Å²) in [6.45, 7) is 0.0865. The number of alkyl halides is 2. The monoisotopic (exact) mass is 289 g/mol. The first kappa shape index (κ1) is 16.3. The molecule has 7 heteroatoms. The van der Waals surface area contributed by atoms with Crippen molar-refractivity contribution in [3.05, 3.63) is 24.0 Å². The Labute approximate surface area is 115 Å². The van der Waals surface area contributed by atoms with Gasteiger partial charge in [-0.1, -0.05) is 0 Å². The van der Waals surface area contributed by atoms with E-state index in [0.29, 0.717) is 18.7 Å². The second kappa shape index (κ2) is 7.74. The van der Waals surface area contributed by atoms with Gasteiger partial charge in [0.1, 0.15) is 5.82 Å². The topological polar surface area (TPSA) is 58.4 Å². The van der Waals surface area contributed by atoms with Gasteiger partial charge in [-0.25, -0.2) is 13.2 Å². The number of anilines is 2. The number of benzene rings is 1. The summed E-state index contributed by atoms with van der Waals surface area (Å²) in [4.78, 5) is 13.1. The molecule has 0 saturated carbocycles. The molecule has 1 aromatic carbocycles. The largest absolute Gasteiger partial charge is 0.397 e. The van der Waals surface area contributed by atoms with Gasteiger partial charge in [0.2, 0.25) is 5.91 Å². The van der Waals surface area contributed by atoms with Crippen LogP contribution < -0.4 is 11.1 Å². The molecule has 1 amide bonds. The summed E-state index contributed by atoms with van der Waals surface area (Å²) >= 11 is 0. The third-order valence-electron chi connectivity index (χ3n) is 2.68. The highest BCUT2D eigenvalue weighted by Gasteiger charge is 2.09. The summed E-state index contributed by atoms with van der Waals surface area (Å²) in [6, 6.07) is 3.69. The Balaban J connectivity index is 2.33. The third kappa shape index (κ3) is 5.92. The molecule has 1 aromatic rings. The lowest BCUT2D eigenvalue weighted by Crippen LogP contribution is -2.26. The van der Waals surface area contributed by atoms with E-state index in [4.69, 9.17) is 5.73 Å². The number of nitrogens with two attached hydrogens (primary N) is 1. The number of nitrogen functional groups attached to an aromatic ring is 1. The zero-order valence-electron chi connectivity index (χ0n) is 11.2. The van der Waals surface area contributed by atoms with Crippen LogP contribution in [0.3, 0.4) is 0 Å². The maximum atomic E-state index is 12.8. The highest BCUT2D eigenvalue weighted by Crippen LogP contribution is 2.19. The Morgan fingerprint density at radius 2 is 2.15 bits per heavy atom. The number of carbonyl (C=O) groups is 1. The minimum Gasteiger partial charge on any atom is -0.397 e. The molecule has 0 aliphatic rings. The van der Waals surface area contributed by atoms with Crippen molar-refractivity contribution < 1.29 is 18.0 Å². The second-order valence-electron chi connectivity index (χ2n) is 4.54. The van der Waals surface area contributed by atoms with Crippen LogP contribution in [0.2, 0.25) is 0 Å². The van der Waals surface area contributed by atoms with Crippen molar-refractivity contribution in [3.8, 4) is 0 Å². The molecule has 0 unspecified atom stereocenters. The first-order valence-electron chi connectivity index (χ1n) is 6.20. The molecule has 0 bridgehead atoms. The van der Waals surface area contributed by atoms with Gasteiger partial charge in [-0.3, -0.25) is 4.79 Å². The summed E-state index contributed by atoms with van der Waals surface area (Å²) in [5, 5.41) is 2.55. The van der Waals surface area contributed by atoms with E-state index in [1.54, 1.807) is 7.05 Å². The van der Waals surface area contributed by atoms with Crippen LogP contribution >= 0.6 is 0 Å². The molecule has 0 fully saturated rings. The number of nitrogens with one attached hydrogen (secondary N) is 1. The lowest BCUT2D eigenvalue weighted by atomic mass is 10.2. The maximum absolute atomic E-state index is 12.8. The fourth-order valence-electron chi connectivity index (χ4n) is 1.70. The van der Waals surface area contributed by atoms with Crippen LogP contribution in [0, 0.1) is 5.82 Å². The van der Waals surface area contributed by atoms with Gasteiger partial charge in [-0.05, 0) is 38.2 Å². The van der Waals surface area contributed by atoms with Gasteiger partial charge < -0.3 is 16.0 Å². The average molecular weight is 289 g/mol. The van der Waals surface area contributed by atoms with Crippen LogP contribution in [0.5, 0.6) is 0 Å². The standard InChI is InChI=1S/C13H18F3N3O/c1-19(8-12(15)16)6-2-3-13(20)18-11-5-4-9(14)7-10(11)17/h4-5,7,12H,2-3,6,8,17H2,1H3,(H,18,20). The molecular weight excluding hydrogens is 271 g/mol. The van der Waals surface area contributed by atoms with Crippen molar-refractivity contribution >= 4 is 17.3 Å². The van der Waals surface area contributed by atoms with E-state index < -0.39 is 12.2 Å². The smallest absolute Gasteiger partial charge is 0.251 e. The molecule has 4 nitrogen and oxygen atoms in total. The number of nitrogens with zero attached hydrogens (tertiary/aromatic N) is 1. The van der Waals surface area contributed by atoms with E-state index in [2.05, 4.69) is 5.32 Å². The Morgan fingerprint density at radius 1 is 1.45 bits per heavy atom. The highest BCUT2D eigenvalue weighted by molar-refractivity contribution is 5.93. The van der Waals surface area contributed by atoms with Crippen molar-refractivity contribution in [1.29, 1.82) is 0 Å². The number of amides is 1. The summed E-state index contributed by atoms with van der Waals surface area (Å²) in [5.74, 6) is -0.761. The Hall–Kier alpha value is -1.76. The highest BCUT2D eigenvalue weighted by atomic mass is 19.3. The molecule has 3 N–H and O–H groups in total. The van der Waals surface area contributed by atoms with Gasteiger partial charge in [0, 0.05) is 6.42 Å². The van der Waals surface area contributed by atoms with Gasteiger partial charge in [-0.2, -0.15) is 0 Å². The normalized spacial score (nSPS) is 11.1. The zero-order valence-corrected chi connectivity index (χ0v) is 11.2. The predicted molar refractivity (Wildman–Crippen MR) is 72.2 cm³/mol. The summed E-state index contributed by atoms with van der Waals surface area (Å²) < 4.78 is 37.0. The van der Waals surface area contributed by atoms with E-state index in [1.165, 1.54) is 17.0 Å². The molecule has 112 valence electrons. The predicted octanol–water partition coefficient (Wildman–Crippen LogP) is 2.32. The van der Waals surface area contributed by atoms with Crippen LogP contribution in [0.4, 0.5) is 24.5 Å². The van der Waals surface area contributed by atoms with E-state index in [1.807, 2.05) is 0 Å². The van der Waals surface area contributed by atoms with Gasteiger partial charge in [0.05, 0.1) is 17.9 Å². The van der Waals surface area contributed by atoms with Gasteiger partial charge in [0.15, 0.2) is 0 Å². The van der Waals surface area contributed by atoms with Gasteiger partial charge in [-0.15, -0.1) is 0 Å². The molecule has 0 aliphatic heterocycles. The Kier molecular flexibility index (Phi) is 6.30. The van der Waals surface area contributed by atoms with Crippen molar-refractivity contribution in [2.24, 2.45) is 0 Å². The number of halogens is 3. The molecular formula is C13H18F3N3O. The van der Waals surface area contributed by atoms with Crippen molar-refractivity contribution in [1.82, 2.24) is 4.90 Å². The molecule has 0 spiro atoms. The Morgan fingerprint density at radius 3 is 2.75 bits per heavy atom. The molecule has 0 saturated heterocycles. The van der Waals surface area contributed by atoms with Crippen LogP contribution in [0.25, 0.3) is 0 Å². The van der Waals surface area contributed by atoms with Crippen LogP contribution in [0.1, 0.15) is 12.8 Å². The minimum absolute atomic E-state index is 0.146. The molecule has 0 radical (unpaired) electrons. The third-order valence-corrected chi connectivity index (χ3v) is 2.68. The summed E-state index contributed by atoms with van der Waals surface area (Å²) in [6.07, 6.45) is -1.74. The number of carbonyl (C=O) groups excluding carboxylic acids is 1. The molecule has 0 aliphatic carbocycles. The SMILES string of the molecule is CN(CCCC(=O)Nc1ccc(F)cc1N)CC(F)F. The van der Waals surface area contributed by atoms with Gasteiger partial charge >= 0.3 is 0 Å². The zero-order chi connectivity index (χ0) is 15.1. The molecule has 20 heavy (non-hydrogen) atoms. The molecule has 0 heterocycles. The first-order valence-corrected chi connectivity index (χ1v) is 6.20. The fraction of sp³-hybridized carbons (Fsp3) is 0.462. The summed E-state index contributed by atoms with van der Waals surface area (Å²) in [7, 11) is 1.57. The van der Waals surface area contributed by atoms with Crippen LogP contribution in [0.15, 0.2) is 18.2 Å². The van der Waals surface area contributed by atoms with E-state index >= 15 is 0 Å². The number of rotatable bonds is 7. The maximum Gasteiger partial charge on any atom is 0.251 e. The van der Waals surface area contributed by atoms with Crippen molar-refractivity contribution in [3.63, 3.8) is 0 Å². The van der Waals surface area contributed by atoms with Crippen molar-refractivity contribution in [2.45, 2.75) is 19.3 Å². The van der Waals surface area contributed by atoms with Gasteiger partial charge in [0.25, 0.3) is 6.43 Å². The lowest BCUT2D eigenvalue weighted by Gasteiger charge is -2.15. The minimum atomic E-state index is -2.38. The number of hydrogen-bond acceptors (Lipinski definition) is 3. The lowest BCUT2D eigenvalue weighted by molar-refractivity contribution is -0.116. The Bertz CT molecular complexity index is 454. The first-order chi connectivity index (χ1) is 9.38. The van der Waals surface area contributed by atoms with E-state index in [9.17, 15) is 18.0 Å². The second-order valence-corrected chi connectivity index (χ2v) is 4.54. The molecule has 0 atom stereocenters. The summed E-state index contributed by atoms with van der Waals surface area (Å²) in [5.41, 5.74) is 6.05. The van der Waals surface area contributed by atoms with E-state index in [0.717, 1.165) is 6.07 Å². The molecule has 0 aromatic heterocycles.